The van der Waals surface area contributed by atoms with Crippen LogP contribution in [0.1, 0.15) is 25.8 Å². The lowest BCUT2D eigenvalue weighted by Crippen LogP contribution is -2.46. The standard InChI is InChI=1S/C13H19NO4/c1-4-7-14-13(2,12(16)17)9-5-6-10(15)11(8-9)18-3/h5-6,8,14-15H,4,7H2,1-3H3,(H,16,17). The van der Waals surface area contributed by atoms with Gasteiger partial charge in [0.05, 0.1) is 7.11 Å². The van der Waals surface area contributed by atoms with Crippen molar-refractivity contribution in [3.8, 4) is 11.5 Å². The monoisotopic (exact) mass is 253 g/mol. The second kappa shape index (κ2) is 5.73. The number of phenolic OH excluding ortho intramolecular Hbond substituents is 1. The normalized spacial score (nSPS) is 13.9. The maximum absolute atomic E-state index is 11.4. The third-order valence-electron chi connectivity index (χ3n) is 2.91. The van der Waals surface area contributed by atoms with E-state index in [2.05, 4.69) is 5.32 Å². The molecule has 5 nitrogen and oxygen atoms in total. The maximum atomic E-state index is 11.4. The fourth-order valence-corrected chi connectivity index (χ4v) is 1.66. The Labute approximate surface area is 106 Å². The molecule has 100 valence electrons. The summed E-state index contributed by atoms with van der Waals surface area (Å²) in [6.07, 6.45) is 0.831. The number of hydrogen-bond donors (Lipinski definition) is 3. The second-order valence-corrected chi connectivity index (χ2v) is 4.24. The number of phenols is 1. The molecule has 1 aromatic carbocycles. The number of aliphatic carboxylic acids is 1. The predicted octanol–water partition coefficient (Wildman–Crippen LogP) is 1.70. The highest BCUT2D eigenvalue weighted by Crippen LogP contribution is 2.31. The van der Waals surface area contributed by atoms with Gasteiger partial charge in [-0.15, -0.1) is 0 Å². The summed E-state index contributed by atoms with van der Waals surface area (Å²) in [7, 11) is 1.43. The molecule has 5 heteroatoms. The van der Waals surface area contributed by atoms with E-state index in [1.165, 1.54) is 19.2 Å². The quantitative estimate of drug-likeness (QED) is 0.719. The molecule has 0 aromatic heterocycles. The summed E-state index contributed by atoms with van der Waals surface area (Å²) in [5.74, 6) is -0.716. The molecule has 0 fully saturated rings. The lowest BCUT2D eigenvalue weighted by molar-refractivity contribution is -0.144. The van der Waals surface area contributed by atoms with E-state index in [1.807, 2.05) is 6.92 Å². The van der Waals surface area contributed by atoms with Crippen molar-refractivity contribution >= 4 is 5.97 Å². The molecule has 0 aliphatic rings. The van der Waals surface area contributed by atoms with Gasteiger partial charge in [-0.05, 0) is 37.6 Å². The molecular formula is C13H19NO4. The highest BCUT2D eigenvalue weighted by Gasteiger charge is 2.35. The number of aromatic hydroxyl groups is 1. The van der Waals surface area contributed by atoms with E-state index in [-0.39, 0.29) is 11.5 Å². The first-order chi connectivity index (χ1) is 8.45. The molecule has 1 aromatic rings. The van der Waals surface area contributed by atoms with Crippen molar-refractivity contribution in [2.45, 2.75) is 25.8 Å². The Morgan fingerprint density at radius 3 is 2.67 bits per heavy atom. The lowest BCUT2D eigenvalue weighted by Gasteiger charge is -2.27. The molecule has 0 aliphatic heterocycles. The number of carboxylic acid groups (broad SMARTS) is 1. The van der Waals surface area contributed by atoms with Gasteiger partial charge in [0, 0.05) is 0 Å². The number of carbonyl (C=O) groups is 1. The van der Waals surface area contributed by atoms with Crippen LogP contribution in [0.15, 0.2) is 18.2 Å². The summed E-state index contributed by atoms with van der Waals surface area (Å²) in [6.45, 7) is 4.15. The van der Waals surface area contributed by atoms with Crippen LogP contribution in [-0.2, 0) is 10.3 Å². The van der Waals surface area contributed by atoms with E-state index < -0.39 is 11.5 Å². The highest BCUT2D eigenvalue weighted by atomic mass is 16.5. The van der Waals surface area contributed by atoms with Crippen LogP contribution in [0.4, 0.5) is 0 Å². The minimum atomic E-state index is -1.20. The van der Waals surface area contributed by atoms with Gasteiger partial charge in [-0.3, -0.25) is 5.32 Å². The maximum Gasteiger partial charge on any atom is 0.328 e. The molecule has 1 rings (SSSR count). The number of hydrogen-bond acceptors (Lipinski definition) is 4. The van der Waals surface area contributed by atoms with Crippen molar-refractivity contribution in [1.29, 1.82) is 0 Å². The van der Waals surface area contributed by atoms with Gasteiger partial charge in [0.2, 0.25) is 0 Å². The van der Waals surface area contributed by atoms with Gasteiger partial charge in [0.25, 0.3) is 0 Å². The number of ether oxygens (including phenoxy) is 1. The van der Waals surface area contributed by atoms with Crippen LogP contribution < -0.4 is 10.1 Å². The Morgan fingerprint density at radius 2 is 2.17 bits per heavy atom. The van der Waals surface area contributed by atoms with Crippen molar-refractivity contribution in [2.75, 3.05) is 13.7 Å². The Balaban J connectivity index is 3.17. The van der Waals surface area contributed by atoms with Crippen molar-refractivity contribution in [2.24, 2.45) is 0 Å². The topological polar surface area (TPSA) is 78.8 Å². The van der Waals surface area contributed by atoms with Gasteiger partial charge in [-0.2, -0.15) is 0 Å². The van der Waals surface area contributed by atoms with Crippen LogP contribution in [-0.4, -0.2) is 29.8 Å². The third kappa shape index (κ3) is 2.73. The van der Waals surface area contributed by atoms with Gasteiger partial charge < -0.3 is 14.9 Å². The number of rotatable bonds is 6. The van der Waals surface area contributed by atoms with Crippen molar-refractivity contribution < 1.29 is 19.7 Å². The fourth-order valence-electron chi connectivity index (χ4n) is 1.66. The van der Waals surface area contributed by atoms with E-state index in [4.69, 9.17) is 4.74 Å². The summed E-state index contributed by atoms with van der Waals surface area (Å²) >= 11 is 0. The number of carboxylic acids is 1. The largest absolute Gasteiger partial charge is 0.504 e. The molecule has 18 heavy (non-hydrogen) atoms. The Bertz CT molecular complexity index is 433. The highest BCUT2D eigenvalue weighted by molar-refractivity contribution is 5.80. The zero-order chi connectivity index (χ0) is 13.8. The van der Waals surface area contributed by atoms with Crippen molar-refractivity contribution in [3.63, 3.8) is 0 Å². The summed E-state index contributed by atoms with van der Waals surface area (Å²) in [6, 6.07) is 4.55. The summed E-state index contributed by atoms with van der Waals surface area (Å²) in [5, 5.41) is 21.9. The molecule has 0 spiro atoms. The molecule has 1 atom stereocenters. The number of benzene rings is 1. The number of nitrogens with one attached hydrogen (secondary N) is 1. The second-order valence-electron chi connectivity index (χ2n) is 4.24. The first-order valence-corrected chi connectivity index (χ1v) is 5.81. The summed E-state index contributed by atoms with van der Waals surface area (Å²) in [5.41, 5.74) is -0.658. The first-order valence-electron chi connectivity index (χ1n) is 5.81. The zero-order valence-corrected chi connectivity index (χ0v) is 10.9. The van der Waals surface area contributed by atoms with Gasteiger partial charge in [-0.25, -0.2) is 4.79 Å². The number of methoxy groups -OCH3 is 1. The predicted molar refractivity (Wildman–Crippen MR) is 67.9 cm³/mol. The fraction of sp³-hybridized carbons (Fsp3) is 0.462. The minimum absolute atomic E-state index is 0.00974. The lowest BCUT2D eigenvalue weighted by atomic mass is 9.91. The Hall–Kier alpha value is -1.75. The average Bonchev–Trinajstić information content (AvgIpc) is 2.36. The van der Waals surface area contributed by atoms with Crippen LogP contribution in [0.2, 0.25) is 0 Å². The molecule has 0 radical (unpaired) electrons. The minimum Gasteiger partial charge on any atom is -0.504 e. The average molecular weight is 253 g/mol. The van der Waals surface area contributed by atoms with Crippen LogP contribution in [0.25, 0.3) is 0 Å². The van der Waals surface area contributed by atoms with Gasteiger partial charge >= 0.3 is 5.97 Å². The molecule has 0 amide bonds. The van der Waals surface area contributed by atoms with E-state index in [0.717, 1.165) is 6.42 Å². The SMILES string of the molecule is CCCNC(C)(C(=O)O)c1ccc(O)c(OC)c1. The molecule has 0 saturated carbocycles. The summed E-state index contributed by atoms with van der Waals surface area (Å²) in [4.78, 5) is 11.4. The van der Waals surface area contributed by atoms with E-state index in [1.54, 1.807) is 13.0 Å². The summed E-state index contributed by atoms with van der Waals surface area (Å²) < 4.78 is 4.99. The van der Waals surface area contributed by atoms with E-state index >= 15 is 0 Å². The Morgan fingerprint density at radius 1 is 1.50 bits per heavy atom. The van der Waals surface area contributed by atoms with Crippen molar-refractivity contribution in [1.82, 2.24) is 5.32 Å². The van der Waals surface area contributed by atoms with E-state index in [9.17, 15) is 15.0 Å². The molecule has 0 bridgehead atoms. The van der Waals surface area contributed by atoms with Gasteiger partial charge in [0.1, 0.15) is 5.54 Å². The molecule has 0 heterocycles. The molecule has 0 aliphatic carbocycles. The molecular weight excluding hydrogens is 234 g/mol. The van der Waals surface area contributed by atoms with Gasteiger partial charge in [0.15, 0.2) is 11.5 Å². The van der Waals surface area contributed by atoms with E-state index in [0.29, 0.717) is 12.1 Å². The molecule has 1 unspecified atom stereocenters. The molecule has 0 saturated heterocycles. The van der Waals surface area contributed by atoms with Crippen LogP contribution in [0, 0.1) is 0 Å². The van der Waals surface area contributed by atoms with Crippen LogP contribution in [0.5, 0.6) is 11.5 Å². The third-order valence-corrected chi connectivity index (χ3v) is 2.91. The van der Waals surface area contributed by atoms with Crippen LogP contribution >= 0.6 is 0 Å². The van der Waals surface area contributed by atoms with Gasteiger partial charge in [-0.1, -0.05) is 13.0 Å². The zero-order valence-electron chi connectivity index (χ0n) is 10.9. The smallest absolute Gasteiger partial charge is 0.328 e. The van der Waals surface area contributed by atoms with Crippen molar-refractivity contribution in [3.05, 3.63) is 23.8 Å². The Kier molecular flexibility index (Phi) is 4.55. The first kappa shape index (κ1) is 14.3. The van der Waals surface area contributed by atoms with Crippen LogP contribution in [0.3, 0.4) is 0 Å². The molecule has 3 N–H and O–H groups in total.